The number of carbonyl (C=O) groups excluding carboxylic acids is 2. The summed E-state index contributed by atoms with van der Waals surface area (Å²) in [7, 11) is -3.80. The fourth-order valence-corrected chi connectivity index (χ4v) is 6.73. The van der Waals surface area contributed by atoms with Gasteiger partial charge in [-0.1, -0.05) is 57.5 Å². The minimum absolute atomic E-state index is 0.0230. The molecule has 3 atom stereocenters. The summed E-state index contributed by atoms with van der Waals surface area (Å²) in [5, 5.41) is 0. The summed E-state index contributed by atoms with van der Waals surface area (Å²) in [5.74, 6) is -0.159. The fraction of sp³-hybridized carbons (Fsp3) is 0.500. The molecule has 1 heterocycles. The van der Waals surface area contributed by atoms with E-state index in [0.29, 0.717) is 30.7 Å². The third kappa shape index (κ3) is 5.98. The summed E-state index contributed by atoms with van der Waals surface area (Å²) in [6, 6.07) is 13.6. The lowest BCUT2D eigenvalue weighted by Gasteiger charge is -2.36. The Hall–Kier alpha value is -2.71. The summed E-state index contributed by atoms with van der Waals surface area (Å²) >= 11 is 0. The Morgan fingerprint density at radius 1 is 1.06 bits per heavy atom. The van der Waals surface area contributed by atoms with Crippen molar-refractivity contribution in [1.29, 1.82) is 0 Å². The highest BCUT2D eigenvalue weighted by Gasteiger charge is 2.34. The second kappa shape index (κ2) is 11.1. The van der Waals surface area contributed by atoms with Crippen molar-refractivity contribution in [2.75, 3.05) is 13.2 Å². The number of nitrogens with zero attached hydrogens (tertiary/aromatic N) is 1. The van der Waals surface area contributed by atoms with Crippen LogP contribution in [-0.2, 0) is 37.3 Å². The van der Waals surface area contributed by atoms with Crippen LogP contribution in [0.15, 0.2) is 53.4 Å². The van der Waals surface area contributed by atoms with Crippen LogP contribution < -0.4 is 0 Å². The van der Waals surface area contributed by atoms with Gasteiger partial charge in [-0.3, -0.25) is 0 Å². The molecule has 1 saturated carbocycles. The van der Waals surface area contributed by atoms with Crippen LogP contribution in [0, 0.1) is 17.8 Å². The normalized spacial score (nSPS) is 22.6. The third-order valence-electron chi connectivity index (χ3n) is 7.37. The molecule has 0 unspecified atom stereocenters. The summed E-state index contributed by atoms with van der Waals surface area (Å²) in [6.07, 6.45) is 3.40. The Labute approximate surface area is 213 Å². The lowest BCUT2D eigenvalue weighted by Crippen LogP contribution is -2.36. The number of benzene rings is 2. The number of hydrogen-bond acceptors (Lipinski definition) is 6. The smallest absolute Gasteiger partial charge is 0.344 e. The largest absolute Gasteiger partial charge is 0.460 e. The lowest BCUT2D eigenvalue weighted by molar-refractivity contribution is -0.159. The topological polar surface area (TPSA) is 90.0 Å². The molecule has 2 aromatic carbocycles. The van der Waals surface area contributed by atoms with Gasteiger partial charge in [-0.05, 0) is 66.3 Å². The zero-order valence-electron chi connectivity index (χ0n) is 21.2. The maximum atomic E-state index is 13.3. The van der Waals surface area contributed by atoms with Crippen molar-refractivity contribution in [3.05, 3.63) is 65.2 Å². The lowest BCUT2D eigenvalue weighted by atomic mass is 9.75. The Morgan fingerprint density at radius 2 is 1.81 bits per heavy atom. The van der Waals surface area contributed by atoms with Gasteiger partial charge < -0.3 is 9.47 Å². The molecule has 0 amide bonds. The van der Waals surface area contributed by atoms with E-state index in [-0.39, 0.29) is 23.1 Å². The molecule has 36 heavy (non-hydrogen) atoms. The first-order valence-corrected chi connectivity index (χ1v) is 14.1. The van der Waals surface area contributed by atoms with Gasteiger partial charge in [0.05, 0.1) is 10.5 Å². The standard InChI is InChI=1S/C28H35NO6S/c1-19(2)25-12-11-20(3)15-26(25)35-27(30)18-34-28(31)22-9-6-10-24(16-22)36(32,33)29-14-13-21-7-4-5-8-23(21)17-29/h4-10,16,19-20,25-26H,11-15,17-18H2,1-3H3/t20-,25-,26-/m1/s1. The maximum absolute atomic E-state index is 13.3. The summed E-state index contributed by atoms with van der Waals surface area (Å²) in [5.41, 5.74) is 2.21. The molecule has 2 aromatic rings. The minimum Gasteiger partial charge on any atom is -0.460 e. The predicted molar refractivity (Wildman–Crippen MR) is 136 cm³/mol. The molecular weight excluding hydrogens is 478 g/mol. The van der Waals surface area contributed by atoms with Crippen molar-refractivity contribution >= 4 is 22.0 Å². The fourth-order valence-electron chi connectivity index (χ4n) is 5.27. The predicted octanol–water partition coefficient (Wildman–Crippen LogP) is 4.59. The Morgan fingerprint density at radius 3 is 2.56 bits per heavy atom. The van der Waals surface area contributed by atoms with E-state index < -0.39 is 28.6 Å². The highest BCUT2D eigenvalue weighted by Crippen LogP contribution is 2.35. The highest BCUT2D eigenvalue weighted by molar-refractivity contribution is 7.89. The molecule has 0 bridgehead atoms. The quantitative estimate of drug-likeness (QED) is 0.503. The number of sulfonamides is 1. The number of carbonyl (C=O) groups is 2. The molecule has 0 saturated heterocycles. The average molecular weight is 514 g/mol. The van der Waals surface area contributed by atoms with Gasteiger partial charge >= 0.3 is 11.9 Å². The van der Waals surface area contributed by atoms with Gasteiger partial charge in [0, 0.05) is 13.1 Å². The second-order valence-corrected chi connectivity index (χ2v) is 12.3. The molecule has 2 aliphatic rings. The van der Waals surface area contributed by atoms with Crippen molar-refractivity contribution in [3.63, 3.8) is 0 Å². The summed E-state index contributed by atoms with van der Waals surface area (Å²) in [6.45, 7) is 6.57. The van der Waals surface area contributed by atoms with Crippen LogP contribution in [0.4, 0.5) is 0 Å². The molecule has 1 aliphatic heterocycles. The molecule has 1 aliphatic carbocycles. The number of esters is 2. The highest BCUT2D eigenvalue weighted by atomic mass is 32.2. The van der Waals surface area contributed by atoms with Gasteiger partial charge in [0.15, 0.2) is 6.61 Å². The molecule has 194 valence electrons. The minimum atomic E-state index is -3.80. The molecule has 0 radical (unpaired) electrons. The van der Waals surface area contributed by atoms with Crippen LogP contribution in [0.3, 0.4) is 0 Å². The van der Waals surface area contributed by atoms with Gasteiger partial charge in [-0.2, -0.15) is 4.31 Å². The van der Waals surface area contributed by atoms with Crippen LogP contribution in [0.25, 0.3) is 0 Å². The number of ether oxygens (including phenoxy) is 2. The van der Waals surface area contributed by atoms with Gasteiger partial charge in [0.2, 0.25) is 10.0 Å². The van der Waals surface area contributed by atoms with E-state index >= 15 is 0 Å². The van der Waals surface area contributed by atoms with E-state index in [1.165, 1.54) is 28.6 Å². The van der Waals surface area contributed by atoms with Crippen molar-refractivity contribution in [2.24, 2.45) is 17.8 Å². The number of rotatable bonds is 7. The van der Waals surface area contributed by atoms with E-state index in [0.717, 1.165) is 30.4 Å². The Kier molecular flexibility index (Phi) is 8.15. The Balaban J connectivity index is 1.38. The van der Waals surface area contributed by atoms with Crippen molar-refractivity contribution in [2.45, 2.75) is 64.0 Å². The van der Waals surface area contributed by atoms with E-state index in [1.807, 2.05) is 24.3 Å². The van der Waals surface area contributed by atoms with Gasteiger partial charge in [0.1, 0.15) is 6.10 Å². The first kappa shape index (κ1) is 26.4. The Bertz CT molecular complexity index is 1210. The summed E-state index contributed by atoms with van der Waals surface area (Å²) < 4.78 is 38.8. The van der Waals surface area contributed by atoms with E-state index in [1.54, 1.807) is 0 Å². The zero-order chi connectivity index (χ0) is 25.9. The molecule has 0 N–H and O–H groups in total. The van der Waals surface area contributed by atoms with Crippen LogP contribution >= 0.6 is 0 Å². The zero-order valence-corrected chi connectivity index (χ0v) is 22.0. The maximum Gasteiger partial charge on any atom is 0.344 e. The van der Waals surface area contributed by atoms with Crippen LogP contribution in [0.5, 0.6) is 0 Å². The van der Waals surface area contributed by atoms with Crippen molar-refractivity contribution < 1.29 is 27.5 Å². The molecular formula is C28H35NO6S. The molecule has 0 aromatic heterocycles. The first-order valence-electron chi connectivity index (χ1n) is 12.7. The monoisotopic (exact) mass is 513 g/mol. The molecule has 4 rings (SSSR count). The van der Waals surface area contributed by atoms with Crippen LogP contribution in [0.1, 0.15) is 61.5 Å². The van der Waals surface area contributed by atoms with Crippen LogP contribution in [0.2, 0.25) is 0 Å². The van der Waals surface area contributed by atoms with Crippen molar-refractivity contribution in [3.8, 4) is 0 Å². The number of fused-ring (bicyclic) bond motifs is 1. The third-order valence-corrected chi connectivity index (χ3v) is 9.21. The first-order chi connectivity index (χ1) is 17.1. The number of hydrogen-bond donors (Lipinski definition) is 0. The average Bonchev–Trinajstić information content (AvgIpc) is 2.87. The van der Waals surface area contributed by atoms with E-state index in [4.69, 9.17) is 9.47 Å². The van der Waals surface area contributed by atoms with Crippen molar-refractivity contribution in [1.82, 2.24) is 4.31 Å². The van der Waals surface area contributed by atoms with E-state index in [2.05, 4.69) is 20.8 Å². The SMILES string of the molecule is CC(C)[C@H]1CC[C@@H](C)C[C@H]1OC(=O)COC(=O)c1cccc(S(=O)(=O)N2CCc3ccccc3C2)c1. The molecule has 0 spiro atoms. The van der Waals surface area contributed by atoms with Gasteiger partial charge in [-0.15, -0.1) is 0 Å². The molecule has 1 fully saturated rings. The summed E-state index contributed by atoms with van der Waals surface area (Å²) in [4.78, 5) is 25.1. The van der Waals surface area contributed by atoms with E-state index in [9.17, 15) is 18.0 Å². The van der Waals surface area contributed by atoms with Crippen LogP contribution in [-0.4, -0.2) is 43.9 Å². The second-order valence-electron chi connectivity index (χ2n) is 10.3. The van der Waals surface area contributed by atoms with Gasteiger partial charge in [-0.25, -0.2) is 18.0 Å². The molecule has 7 nitrogen and oxygen atoms in total. The van der Waals surface area contributed by atoms with Gasteiger partial charge in [0.25, 0.3) is 0 Å². The molecule has 8 heteroatoms.